The Hall–Kier alpha value is -2.83. The lowest BCUT2D eigenvalue weighted by molar-refractivity contribution is 0.0698. The lowest BCUT2D eigenvalue weighted by Gasteiger charge is -2.32. The summed E-state index contributed by atoms with van der Waals surface area (Å²) in [6, 6.07) is 3.97. The minimum atomic E-state index is -0.0604. The van der Waals surface area contributed by atoms with Gasteiger partial charge in [0.15, 0.2) is 5.65 Å². The molecule has 0 aliphatic carbocycles. The maximum atomic E-state index is 12.6. The number of carbonyl (C=O) groups is 1. The summed E-state index contributed by atoms with van der Waals surface area (Å²) in [6.45, 7) is 3.37. The molecule has 4 heterocycles. The van der Waals surface area contributed by atoms with Crippen LogP contribution in [0, 0.1) is 6.92 Å². The zero-order chi connectivity index (χ0) is 16.5. The van der Waals surface area contributed by atoms with Gasteiger partial charge in [0.1, 0.15) is 5.69 Å². The number of aryl methyl sites for hydroxylation is 1. The number of fused-ring (bicyclic) bond motifs is 1. The molecule has 122 valence electrons. The van der Waals surface area contributed by atoms with Gasteiger partial charge in [-0.25, -0.2) is 14.5 Å². The molecule has 7 heteroatoms. The van der Waals surface area contributed by atoms with E-state index in [2.05, 4.69) is 20.1 Å². The van der Waals surface area contributed by atoms with Gasteiger partial charge in [0.05, 0.1) is 17.6 Å². The average molecular weight is 322 g/mol. The molecular weight excluding hydrogens is 304 g/mol. The van der Waals surface area contributed by atoms with Crippen molar-refractivity contribution in [3.63, 3.8) is 0 Å². The second-order valence-corrected chi connectivity index (χ2v) is 6.11. The normalized spacial score (nSPS) is 18.0. The number of carbonyl (C=O) groups excluding carboxylic acids is 1. The Morgan fingerprint density at radius 2 is 2.17 bits per heavy atom. The molecule has 0 aromatic carbocycles. The van der Waals surface area contributed by atoms with E-state index in [1.54, 1.807) is 12.4 Å². The first-order valence-electron chi connectivity index (χ1n) is 8.09. The van der Waals surface area contributed by atoms with E-state index < -0.39 is 0 Å². The van der Waals surface area contributed by atoms with E-state index in [-0.39, 0.29) is 11.8 Å². The summed E-state index contributed by atoms with van der Waals surface area (Å²) in [5, 5.41) is 4.54. The van der Waals surface area contributed by atoms with Crippen molar-refractivity contribution in [1.82, 2.24) is 29.5 Å². The first kappa shape index (κ1) is 14.7. The minimum Gasteiger partial charge on any atom is -0.337 e. The Balaban J connectivity index is 1.61. The molecule has 24 heavy (non-hydrogen) atoms. The van der Waals surface area contributed by atoms with Crippen molar-refractivity contribution in [1.29, 1.82) is 0 Å². The van der Waals surface area contributed by atoms with Gasteiger partial charge in [-0.3, -0.25) is 9.78 Å². The highest BCUT2D eigenvalue weighted by Crippen LogP contribution is 2.27. The molecule has 0 spiro atoms. The molecule has 0 radical (unpaired) electrons. The highest BCUT2D eigenvalue weighted by Gasteiger charge is 2.27. The summed E-state index contributed by atoms with van der Waals surface area (Å²) in [5.74, 6) is 0.180. The van der Waals surface area contributed by atoms with Gasteiger partial charge in [0.25, 0.3) is 5.91 Å². The molecule has 0 saturated carbocycles. The van der Waals surface area contributed by atoms with E-state index in [1.165, 1.54) is 6.20 Å². The Bertz CT molecular complexity index is 875. The summed E-state index contributed by atoms with van der Waals surface area (Å²) in [6.07, 6.45) is 8.45. The van der Waals surface area contributed by atoms with Crippen molar-refractivity contribution in [3.8, 4) is 0 Å². The molecule has 1 amide bonds. The third-order valence-electron chi connectivity index (χ3n) is 4.42. The molecule has 7 nitrogen and oxygen atoms in total. The fourth-order valence-corrected chi connectivity index (χ4v) is 3.31. The molecule has 3 aromatic rings. The molecule has 1 atom stereocenters. The van der Waals surface area contributed by atoms with Crippen LogP contribution >= 0.6 is 0 Å². The van der Waals surface area contributed by atoms with Gasteiger partial charge in [-0.2, -0.15) is 5.10 Å². The number of piperidine rings is 1. The quantitative estimate of drug-likeness (QED) is 0.719. The van der Waals surface area contributed by atoms with E-state index >= 15 is 0 Å². The zero-order valence-corrected chi connectivity index (χ0v) is 13.5. The van der Waals surface area contributed by atoms with Crippen molar-refractivity contribution >= 4 is 11.6 Å². The molecule has 0 bridgehead atoms. The van der Waals surface area contributed by atoms with E-state index in [1.807, 2.05) is 34.7 Å². The van der Waals surface area contributed by atoms with E-state index in [0.717, 1.165) is 36.4 Å². The van der Waals surface area contributed by atoms with Gasteiger partial charge in [0, 0.05) is 43.7 Å². The third-order valence-corrected chi connectivity index (χ3v) is 4.42. The van der Waals surface area contributed by atoms with Gasteiger partial charge < -0.3 is 4.90 Å². The Kier molecular flexibility index (Phi) is 3.68. The number of likely N-dealkylation sites (tertiary alicyclic amines) is 1. The van der Waals surface area contributed by atoms with Crippen LogP contribution in [0.25, 0.3) is 5.65 Å². The maximum absolute atomic E-state index is 12.6. The summed E-state index contributed by atoms with van der Waals surface area (Å²) >= 11 is 0. The lowest BCUT2D eigenvalue weighted by Crippen LogP contribution is -2.40. The summed E-state index contributed by atoms with van der Waals surface area (Å²) in [5.41, 5.74) is 3.29. The van der Waals surface area contributed by atoms with Crippen LogP contribution < -0.4 is 0 Å². The number of aromatic nitrogens is 5. The van der Waals surface area contributed by atoms with Crippen LogP contribution in [0.5, 0.6) is 0 Å². The van der Waals surface area contributed by atoms with E-state index in [4.69, 9.17) is 0 Å². The first-order chi connectivity index (χ1) is 11.7. The molecule has 1 saturated heterocycles. The van der Waals surface area contributed by atoms with Crippen LogP contribution in [0.4, 0.5) is 0 Å². The summed E-state index contributed by atoms with van der Waals surface area (Å²) < 4.78 is 1.90. The second-order valence-electron chi connectivity index (χ2n) is 6.11. The Morgan fingerprint density at radius 1 is 1.25 bits per heavy atom. The average Bonchev–Trinajstić information content (AvgIpc) is 3.02. The van der Waals surface area contributed by atoms with Crippen LogP contribution in [0.15, 0.2) is 36.9 Å². The van der Waals surface area contributed by atoms with Crippen LogP contribution in [0.2, 0.25) is 0 Å². The molecule has 1 aliphatic heterocycles. The van der Waals surface area contributed by atoms with Crippen molar-refractivity contribution in [3.05, 3.63) is 54.0 Å². The SMILES string of the molecule is Cc1cc2nccc([C@H]3CCCN(C(=O)c4cnccn4)C3)n2n1. The standard InChI is InChI=1S/C17H18N6O/c1-12-9-16-20-5-4-15(23(16)21-12)13-3-2-8-22(11-13)17(24)14-10-18-6-7-19-14/h4-7,9-10,13H,2-3,8,11H2,1H3/t13-/m0/s1. The van der Waals surface area contributed by atoms with Crippen molar-refractivity contribution in [2.75, 3.05) is 13.1 Å². The smallest absolute Gasteiger partial charge is 0.274 e. The number of hydrogen-bond donors (Lipinski definition) is 0. The van der Waals surface area contributed by atoms with Gasteiger partial charge in [0.2, 0.25) is 0 Å². The molecule has 0 unspecified atom stereocenters. The Labute approximate surface area is 139 Å². The first-order valence-corrected chi connectivity index (χ1v) is 8.09. The predicted octanol–water partition coefficient (Wildman–Crippen LogP) is 1.85. The van der Waals surface area contributed by atoms with Crippen LogP contribution in [0.1, 0.15) is 40.6 Å². The number of rotatable bonds is 2. The lowest BCUT2D eigenvalue weighted by atomic mass is 9.94. The molecule has 3 aromatic heterocycles. The van der Waals surface area contributed by atoms with Gasteiger partial charge in [-0.1, -0.05) is 0 Å². The molecule has 0 N–H and O–H groups in total. The predicted molar refractivity (Wildman–Crippen MR) is 87.6 cm³/mol. The Morgan fingerprint density at radius 3 is 3.00 bits per heavy atom. The van der Waals surface area contributed by atoms with Gasteiger partial charge in [-0.05, 0) is 25.8 Å². The zero-order valence-electron chi connectivity index (χ0n) is 13.5. The molecular formula is C17H18N6O. The van der Waals surface area contributed by atoms with Crippen molar-refractivity contribution < 1.29 is 4.79 Å². The van der Waals surface area contributed by atoms with Crippen LogP contribution in [-0.4, -0.2) is 48.5 Å². The maximum Gasteiger partial charge on any atom is 0.274 e. The minimum absolute atomic E-state index is 0.0604. The van der Waals surface area contributed by atoms with E-state index in [9.17, 15) is 4.79 Å². The van der Waals surface area contributed by atoms with Crippen molar-refractivity contribution in [2.45, 2.75) is 25.7 Å². The fourth-order valence-electron chi connectivity index (χ4n) is 3.31. The number of hydrogen-bond acceptors (Lipinski definition) is 5. The second kappa shape index (κ2) is 5.99. The number of nitrogens with zero attached hydrogens (tertiary/aromatic N) is 6. The summed E-state index contributed by atoms with van der Waals surface area (Å²) in [4.78, 5) is 27.0. The largest absolute Gasteiger partial charge is 0.337 e. The molecule has 1 fully saturated rings. The number of amides is 1. The van der Waals surface area contributed by atoms with Crippen LogP contribution in [0.3, 0.4) is 0 Å². The highest BCUT2D eigenvalue weighted by molar-refractivity contribution is 5.92. The van der Waals surface area contributed by atoms with Crippen LogP contribution in [-0.2, 0) is 0 Å². The molecule has 1 aliphatic rings. The summed E-state index contributed by atoms with van der Waals surface area (Å²) in [7, 11) is 0. The third kappa shape index (κ3) is 2.62. The van der Waals surface area contributed by atoms with Crippen molar-refractivity contribution in [2.24, 2.45) is 0 Å². The van der Waals surface area contributed by atoms with E-state index in [0.29, 0.717) is 12.2 Å². The molecule has 4 rings (SSSR count). The van der Waals surface area contributed by atoms with Gasteiger partial charge >= 0.3 is 0 Å². The van der Waals surface area contributed by atoms with Gasteiger partial charge in [-0.15, -0.1) is 0 Å². The monoisotopic (exact) mass is 322 g/mol. The fraction of sp³-hybridized carbons (Fsp3) is 0.353. The highest BCUT2D eigenvalue weighted by atomic mass is 16.2. The topological polar surface area (TPSA) is 76.3 Å².